The molecule has 180 valence electrons. The number of aromatic nitrogens is 1. The average Bonchev–Trinajstić information content (AvgIpc) is 2.61. The summed E-state index contributed by atoms with van der Waals surface area (Å²) in [5, 5.41) is 2.80. The topological polar surface area (TPSA) is 80.8 Å². The minimum Gasteiger partial charge on any atom is -0.489 e. The number of amides is 1. The van der Waals surface area contributed by atoms with E-state index < -0.39 is 35.1 Å². The fourth-order valence-corrected chi connectivity index (χ4v) is 3.01. The minimum atomic E-state index is -2.94. The van der Waals surface area contributed by atoms with Gasteiger partial charge < -0.3 is 19.7 Å². The van der Waals surface area contributed by atoms with Crippen LogP contribution in [0.3, 0.4) is 0 Å². The standard InChI is InChI=1S/C23H35F2N3O4/c1-15(2)13-23(6,27-21(30)32-22(3,4)5)14-31-18-10-9-16(26-19(18)20(24)25)17(29)11-12-28(7)8/h9-12,15,20H,13-14H2,1-8H3,(H,27,30)/b12-11+/t23-/m0/s1. The van der Waals surface area contributed by atoms with Gasteiger partial charge in [0.15, 0.2) is 0 Å². The first-order valence-electron chi connectivity index (χ1n) is 10.4. The maximum atomic E-state index is 13.6. The van der Waals surface area contributed by atoms with Gasteiger partial charge in [0.25, 0.3) is 6.43 Å². The molecule has 1 rings (SSSR count). The Kier molecular flexibility index (Phi) is 9.60. The number of alkyl carbamates (subject to hydrolysis) is 1. The van der Waals surface area contributed by atoms with E-state index in [1.807, 2.05) is 13.8 Å². The van der Waals surface area contributed by atoms with Crippen molar-refractivity contribution in [3.05, 3.63) is 35.8 Å². The Balaban J connectivity index is 3.08. The van der Waals surface area contributed by atoms with E-state index in [1.54, 1.807) is 46.7 Å². The Morgan fingerprint density at radius 3 is 2.31 bits per heavy atom. The number of nitrogens with zero attached hydrogens (tertiary/aromatic N) is 2. The highest BCUT2D eigenvalue weighted by molar-refractivity contribution is 6.03. The van der Waals surface area contributed by atoms with Crippen LogP contribution in [-0.4, -0.2) is 53.6 Å². The van der Waals surface area contributed by atoms with Crippen molar-refractivity contribution in [3.63, 3.8) is 0 Å². The SMILES string of the molecule is CC(C)C[C@@](C)(COc1ccc(C(=O)/C=C/N(C)C)nc1C(F)F)NC(=O)OC(C)(C)C. The van der Waals surface area contributed by atoms with Crippen LogP contribution < -0.4 is 10.1 Å². The van der Waals surface area contributed by atoms with Gasteiger partial charge in [-0.3, -0.25) is 4.79 Å². The molecule has 1 aromatic heterocycles. The fourth-order valence-electron chi connectivity index (χ4n) is 3.01. The van der Waals surface area contributed by atoms with Crippen LogP contribution in [0.5, 0.6) is 5.75 Å². The number of allylic oxidation sites excluding steroid dienone is 1. The lowest BCUT2D eigenvalue weighted by molar-refractivity contribution is 0.0403. The molecule has 1 amide bonds. The lowest BCUT2D eigenvalue weighted by Gasteiger charge is -2.33. The van der Waals surface area contributed by atoms with E-state index >= 15 is 0 Å². The zero-order chi connectivity index (χ0) is 24.7. The van der Waals surface area contributed by atoms with Crippen molar-refractivity contribution in [2.24, 2.45) is 5.92 Å². The van der Waals surface area contributed by atoms with Gasteiger partial charge in [0.2, 0.25) is 5.78 Å². The van der Waals surface area contributed by atoms with Crippen LogP contribution in [0.25, 0.3) is 0 Å². The van der Waals surface area contributed by atoms with Crippen molar-refractivity contribution in [3.8, 4) is 5.75 Å². The molecule has 0 spiro atoms. The summed E-state index contributed by atoms with van der Waals surface area (Å²) in [5.74, 6) is -0.452. The van der Waals surface area contributed by atoms with Gasteiger partial charge in [-0.15, -0.1) is 0 Å². The minimum absolute atomic E-state index is 0.0837. The smallest absolute Gasteiger partial charge is 0.408 e. The number of hydrogen-bond acceptors (Lipinski definition) is 6. The second-order valence-electron chi connectivity index (χ2n) is 9.60. The summed E-state index contributed by atoms with van der Waals surface area (Å²) in [4.78, 5) is 30.0. The summed E-state index contributed by atoms with van der Waals surface area (Å²) >= 11 is 0. The summed E-state index contributed by atoms with van der Waals surface area (Å²) in [7, 11) is 3.47. The predicted molar refractivity (Wildman–Crippen MR) is 119 cm³/mol. The quantitative estimate of drug-likeness (QED) is 0.396. The van der Waals surface area contributed by atoms with Crippen molar-refractivity contribution >= 4 is 11.9 Å². The van der Waals surface area contributed by atoms with Crippen LogP contribution in [0, 0.1) is 5.92 Å². The highest BCUT2D eigenvalue weighted by atomic mass is 19.3. The molecule has 9 heteroatoms. The summed E-state index contributed by atoms with van der Waals surface area (Å²) in [6.07, 6.45) is -0.273. The lowest BCUT2D eigenvalue weighted by Crippen LogP contribution is -2.52. The van der Waals surface area contributed by atoms with Crippen molar-refractivity contribution in [1.82, 2.24) is 15.2 Å². The van der Waals surface area contributed by atoms with Gasteiger partial charge in [-0.1, -0.05) is 13.8 Å². The second-order valence-corrected chi connectivity index (χ2v) is 9.60. The monoisotopic (exact) mass is 455 g/mol. The van der Waals surface area contributed by atoms with Crippen LogP contribution >= 0.6 is 0 Å². The number of rotatable bonds is 10. The van der Waals surface area contributed by atoms with E-state index in [0.29, 0.717) is 6.42 Å². The van der Waals surface area contributed by atoms with Crippen LogP contribution in [-0.2, 0) is 4.74 Å². The Morgan fingerprint density at radius 1 is 1.19 bits per heavy atom. The number of halogens is 2. The maximum Gasteiger partial charge on any atom is 0.408 e. The Bertz CT molecular complexity index is 820. The Labute approximate surface area is 189 Å². The molecule has 0 aliphatic rings. The summed E-state index contributed by atoms with van der Waals surface area (Å²) in [6, 6.07) is 2.64. The first kappa shape index (κ1) is 27.3. The van der Waals surface area contributed by atoms with Gasteiger partial charge in [0.1, 0.15) is 29.3 Å². The van der Waals surface area contributed by atoms with Crippen molar-refractivity contribution in [1.29, 1.82) is 0 Å². The van der Waals surface area contributed by atoms with Gasteiger partial charge in [-0.25, -0.2) is 18.6 Å². The zero-order valence-electron chi connectivity index (χ0n) is 20.2. The molecule has 0 aromatic carbocycles. The second kappa shape index (κ2) is 11.2. The molecule has 0 aliphatic carbocycles. The molecule has 1 N–H and O–H groups in total. The average molecular weight is 456 g/mol. The van der Waals surface area contributed by atoms with Crippen LogP contribution in [0.15, 0.2) is 24.4 Å². The molecule has 0 fully saturated rings. The molecule has 0 aliphatic heterocycles. The molecule has 1 heterocycles. The highest BCUT2D eigenvalue weighted by Crippen LogP contribution is 2.29. The molecular weight excluding hydrogens is 420 g/mol. The van der Waals surface area contributed by atoms with Gasteiger partial charge in [0.05, 0.1) is 5.54 Å². The molecule has 32 heavy (non-hydrogen) atoms. The van der Waals surface area contributed by atoms with Gasteiger partial charge >= 0.3 is 6.09 Å². The van der Waals surface area contributed by atoms with Crippen molar-refractivity contribution in [2.45, 2.75) is 65.5 Å². The predicted octanol–water partition coefficient (Wildman–Crippen LogP) is 4.99. The number of nitrogens with one attached hydrogen (secondary N) is 1. The fraction of sp³-hybridized carbons (Fsp3) is 0.609. The largest absolute Gasteiger partial charge is 0.489 e. The number of carbonyl (C=O) groups excluding carboxylic acids is 2. The van der Waals surface area contributed by atoms with Crippen molar-refractivity contribution in [2.75, 3.05) is 20.7 Å². The summed E-state index contributed by atoms with van der Waals surface area (Å²) < 4.78 is 38.3. The van der Waals surface area contributed by atoms with Crippen LogP contribution in [0.2, 0.25) is 0 Å². The van der Waals surface area contributed by atoms with E-state index in [9.17, 15) is 18.4 Å². The third-order valence-electron chi connectivity index (χ3n) is 4.08. The number of alkyl halides is 2. The number of carbonyl (C=O) groups is 2. The van der Waals surface area contributed by atoms with Crippen LogP contribution in [0.1, 0.15) is 70.6 Å². The third kappa shape index (κ3) is 9.62. The number of ketones is 1. The summed E-state index contributed by atoms with van der Waals surface area (Å²) in [6.45, 7) is 10.9. The highest BCUT2D eigenvalue weighted by Gasteiger charge is 2.32. The van der Waals surface area contributed by atoms with E-state index in [-0.39, 0.29) is 24.0 Å². The molecule has 0 saturated carbocycles. The van der Waals surface area contributed by atoms with E-state index in [2.05, 4.69) is 10.3 Å². The molecule has 0 bridgehead atoms. The Morgan fingerprint density at radius 2 is 1.81 bits per heavy atom. The number of ether oxygens (including phenoxy) is 2. The first-order chi connectivity index (χ1) is 14.6. The normalized spacial score (nSPS) is 13.9. The molecule has 1 aromatic rings. The van der Waals surface area contributed by atoms with Crippen molar-refractivity contribution < 1.29 is 27.8 Å². The third-order valence-corrected chi connectivity index (χ3v) is 4.08. The molecule has 0 saturated heterocycles. The maximum absolute atomic E-state index is 13.6. The zero-order valence-corrected chi connectivity index (χ0v) is 20.2. The van der Waals surface area contributed by atoms with Gasteiger partial charge in [0, 0.05) is 26.4 Å². The Hall–Kier alpha value is -2.71. The summed E-state index contributed by atoms with van der Waals surface area (Å²) in [5.41, 5.74) is -2.29. The van der Waals surface area contributed by atoms with E-state index in [1.165, 1.54) is 24.4 Å². The van der Waals surface area contributed by atoms with Crippen LogP contribution in [0.4, 0.5) is 13.6 Å². The number of pyridine rings is 1. The lowest BCUT2D eigenvalue weighted by atomic mass is 9.91. The molecular formula is C23H35F2N3O4. The number of hydrogen-bond donors (Lipinski definition) is 1. The molecule has 0 radical (unpaired) electrons. The molecule has 7 nitrogen and oxygen atoms in total. The van der Waals surface area contributed by atoms with E-state index in [4.69, 9.17) is 9.47 Å². The first-order valence-corrected chi connectivity index (χ1v) is 10.4. The molecule has 1 atom stereocenters. The van der Waals surface area contributed by atoms with E-state index in [0.717, 1.165) is 0 Å². The van der Waals surface area contributed by atoms with Gasteiger partial charge in [-0.2, -0.15) is 0 Å². The van der Waals surface area contributed by atoms with Gasteiger partial charge in [-0.05, 0) is 52.2 Å². The molecule has 0 unspecified atom stereocenters.